The minimum Gasteiger partial charge on any atom is -0.395 e. The molecular weight excluding hydrogens is 236 g/mol. The number of β-amino-alcohol motifs (C(OH)–C–C–N with tert-alkyl or cyclic N) is 1. The van der Waals surface area contributed by atoms with Crippen molar-refractivity contribution in [2.75, 3.05) is 45.9 Å². The van der Waals surface area contributed by atoms with E-state index in [1.165, 1.54) is 5.56 Å². The summed E-state index contributed by atoms with van der Waals surface area (Å²) in [6.45, 7) is 11.2. The fraction of sp³-hybridized carbons (Fsp3) is 0.625. The van der Waals surface area contributed by atoms with Crippen LogP contribution in [-0.2, 0) is 5.41 Å². The smallest absolute Gasteiger partial charge is 0.0558 e. The van der Waals surface area contributed by atoms with Gasteiger partial charge in [0.2, 0.25) is 0 Å². The molecule has 19 heavy (non-hydrogen) atoms. The first kappa shape index (κ1) is 14.5. The van der Waals surface area contributed by atoms with Gasteiger partial charge in [-0.3, -0.25) is 9.80 Å². The molecule has 1 saturated heterocycles. The first-order valence-corrected chi connectivity index (χ1v) is 7.23. The van der Waals surface area contributed by atoms with Crippen LogP contribution in [-0.4, -0.2) is 60.8 Å². The Kier molecular flexibility index (Phi) is 4.97. The lowest BCUT2D eigenvalue weighted by atomic mass is 9.84. The van der Waals surface area contributed by atoms with Crippen LogP contribution in [0.25, 0.3) is 0 Å². The summed E-state index contributed by atoms with van der Waals surface area (Å²) in [5.74, 6) is 0. The molecule has 1 aromatic rings. The highest BCUT2D eigenvalue weighted by molar-refractivity contribution is 5.23. The Morgan fingerprint density at radius 3 is 2.16 bits per heavy atom. The summed E-state index contributed by atoms with van der Waals surface area (Å²) in [7, 11) is 0. The van der Waals surface area contributed by atoms with Crippen LogP contribution in [0.1, 0.15) is 19.4 Å². The lowest BCUT2D eigenvalue weighted by Crippen LogP contribution is -2.50. The van der Waals surface area contributed by atoms with Crippen molar-refractivity contribution < 1.29 is 5.11 Å². The van der Waals surface area contributed by atoms with E-state index in [2.05, 4.69) is 54.0 Å². The lowest BCUT2D eigenvalue weighted by Gasteiger charge is -2.39. The number of benzene rings is 1. The predicted molar refractivity (Wildman–Crippen MR) is 79.4 cm³/mol. The molecule has 1 aliphatic heterocycles. The van der Waals surface area contributed by atoms with Crippen molar-refractivity contribution in [3.8, 4) is 0 Å². The second-order valence-electron chi connectivity index (χ2n) is 6.09. The standard InChI is InChI=1S/C16H26N2O/c1-16(2,15-6-4-3-5-7-15)14-18-10-8-17(9-11-18)12-13-19/h3-7,19H,8-14H2,1-2H3. The Morgan fingerprint density at radius 2 is 1.58 bits per heavy atom. The van der Waals surface area contributed by atoms with Crippen LogP contribution >= 0.6 is 0 Å². The number of nitrogens with zero attached hydrogens (tertiary/aromatic N) is 2. The topological polar surface area (TPSA) is 26.7 Å². The fourth-order valence-electron chi connectivity index (χ4n) is 2.85. The highest BCUT2D eigenvalue weighted by Crippen LogP contribution is 2.24. The minimum atomic E-state index is 0.195. The summed E-state index contributed by atoms with van der Waals surface area (Å²) in [5.41, 5.74) is 1.60. The summed E-state index contributed by atoms with van der Waals surface area (Å²) < 4.78 is 0. The Labute approximate surface area is 116 Å². The van der Waals surface area contributed by atoms with E-state index >= 15 is 0 Å². The second-order valence-corrected chi connectivity index (χ2v) is 6.09. The van der Waals surface area contributed by atoms with Gasteiger partial charge in [0, 0.05) is 44.7 Å². The fourth-order valence-corrected chi connectivity index (χ4v) is 2.85. The van der Waals surface area contributed by atoms with Gasteiger partial charge in [-0.2, -0.15) is 0 Å². The van der Waals surface area contributed by atoms with Gasteiger partial charge >= 0.3 is 0 Å². The van der Waals surface area contributed by atoms with Crippen molar-refractivity contribution in [3.05, 3.63) is 35.9 Å². The van der Waals surface area contributed by atoms with Crippen LogP contribution in [0.2, 0.25) is 0 Å². The predicted octanol–water partition coefficient (Wildman–Crippen LogP) is 1.57. The van der Waals surface area contributed by atoms with E-state index in [0.717, 1.165) is 39.3 Å². The van der Waals surface area contributed by atoms with Gasteiger partial charge in [-0.25, -0.2) is 0 Å². The van der Waals surface area contributed by atoms with Gasteiger partial charge in [0.05, 0.1) is 6.61 Å². The molecule has 106 valence electrons. The molecule has 0 aliphatic carbocycles. The molecular formula is C16H26N2O. The summed E-state index contributed by atoms with van der Waals surface area (Å²) in [5, 5.41) is 8.96. The third-order valence-electron chi connectivity index (χ3n) is 4.06. The van der Waals surface area contributed by atoms with Gasteiger partial charge < -0.3 is 5.11 Å². The molecule has 0 saturated carbocycles. The number of hydrogen-bond acceptors (Lipinski definition) is 3. The molecule has 1 N–H and O–H groups in total. The lowest BCUT2D eigenvalue weighted by molar-refractivity contribution is 0.0996. The Balaban J connectivity index is 1.88. The maximum absolute atomic E-state index is 8.96. The molecule has 0 aromatic heterocycles. The Bertz CT molecular complexity index is 370. The van der Waals surface area contributed by atoms with Gasteiger partial charge in [-0.05, 0) is 5.56 Å². The van der Waals surface area contributed by atoms with Crippen molar-refractivity contribution in [1.29, 1.82) is 0 Å². The maximum Gasteiger partial charge on any atom is 0.0558 e. The number of piperazine rings is 1. The normalized spacial score (nSPS) is 18.7. The highest BCUT2D eigenvalue weighted by atomic mass is 16.3. The first-order chi connectivity index (χ1) is 9.12. The van der Waals surface area contributed by atoms with Gasteiger partial charge in [0.15, 0.2) is 0 Å². The average Bonchev–Trinajstić information content (AvgIpc) is 2.42. The molecule has 3 nitrogen and oxygen atoms in total. The maximum atomic E-state index is 8.96. The molecule has 1 heterocycles. The van der Waals surface area contributed by atoms with E-state index in [1.807, 2.05) is 0 Å². The van der Waals surface area contributed by atoms with Crippen LogP contribution in [0.3, 0.4) is 0 Å². The van der Waals surface area contributed by atoms with Crippen LogP contribution in [0, 0.1) is 0 Å². The van der Waals surface area contributed by atoms with E-state index in [4.69, 9.17) is 5.11 Å². The molecule has 0 radical (unpaired) electrons. The molecule has 2 rings (SSSR count). The van der Waals surface area contributed by atoms with Crippen molar-refractivity contribution in [2.45, 2.75) is 19.3 Å². The summed E-state index contributed by atoms with van der Waals surface area (Å²) in [4.78, 5) is 4.88. The third kappa shape index (κ3) is 4.03. The van der Waals surface area contributed by atoms with E-state index < -0.39 is 0 Å². The van der Waals surface area contributed by atoms with Crippen LogP contribution in [0.5, 0.6) is 0 Å². The van der Waals surface area contributed by atoms with Crippen LogP contribution in [0.4, 0.5) is 0 Å². The van der Waals surface area contributed by atoms with Crippen LogP contribution < -0.4 is 0 Å². The summed E-state index contributed by atoms with van der Waals surface area (Å²) in [6, 6.07) is 10.8. The molecule has 1 aromatic carbocycles. The number of aliphatic hydroxyl groups is 1. The van der Waals surface area contributed by atoms with Crippen molar-refractivity contribution in [1.82, 2.24) is 9.80 Å². The van der Waals surface area contributed by atoms with E-state index in [9.17, 15) is 0 Å². The monoisotopic (exact) mass is 262 g/mol. The molecule has 0 amide bonds. The minimum absolute atomic E-state index is 0.195. The zero-order chi connectivity index (χ0) is 13.7. The molecule has 3 heteroatoms. The van der Waals surface area contributed by atoms with Crippen molar-refractivity contribution in [2.24, 2.45) is 0 Å². The van der Waals surface area contributed by atoms with E-state index in [1.54, 1.807) is 0 Å². The zero-order valence-electron chi connectivity index (χ0n) is 12.2. The van der Waals surface area contributed by atoms with Gasteiger partial charge in [-0.1, -0.05) is 44.2 Å². The average molecular weight is 262 g/mol. The quantitative estimate of drug-likeness (QED) is 0.872. The summed E-state index contributed by atoms with van der Waals surface area (Å²) >= 11 is 0. The van der Waals surface area contributed by atoms with Crippen molar-refractivity contribution >= 4 is 0 Å². The summed E-state index contributed by atoms with van der Waals surface area (Å²) in [6.07, 6.45) is 0. The molecule has 1 aliphatic rings. The zero-order valence-corrected chi connectivity index (χ0v) is 12.2. The molecule has 1 fully saturated rings. The molecule has 0 unspecified atom stereocenters. The Morgan fingerprint density at radius 1 is 1.00 bits per heavy atom. The molecule has 0 spiro atoms. The van der Waals surface area contributed by atoms with Crippen LogP contribution in [0.15, 0.2) is 30.3 Å². The third-order valence-corrected chi connectivity index (χ3v) is 4.06. The van der Waals surface area contributed by atoms with Gasteiger partial charge in [-0.15, -0.1) is 0 Å². The largest absolute Gasteiger partial charge is 0.395 e. The van der Waals surface area contributed by atoms with Gasteiger partial charge in [0.1, 0.15) is 0 Å². The Hall–Kier alpha value is -0.900. The van der Waals surface area contributed by atoms with Crippen molar-refractivity contribution in [3.63, 3.8) is 0 Å². The SMILES string of the molecule is CC(C)(CN1CCN(CCO)CC1)c1ccccc1. The number of hydrogen-bond donors (Lipinski definition) is 1. The van der Waals surface area contributed by atoms with Gasteiger partial charge in [0.25, 0.3) is 0 Å². The first-order valence-electron chi connectivity index (χ1n) is 7.23. The molecule has 0 bridgehead atoms. The molecule has 0 atom stereocenters. The highest BCUT2D eigenvalue weighted by Gasteiger charge is 2.26. The second kappa shape index (κ2) is 6.51. The number of aliphatic hydroxyl groups excluding tert-OH is 1. The van der Waals surface area contributed by atoms with E-state index in [0.29, 0.717) is 0 Å². The number of rotatable bonds is 5. The van der Waals surface area contributed by atoms with E-state index in [-0.39, 0.29) is 12.0 Å².